The summed E-state index contributed by atoms with van der Waals surface area (Å²) >= 11 is 0. The van der Waals surface area contributed by atoms with Gasteiger partial charge in [0.2, 0.25) is 0 Å². The van der Waals surface area contributed by atoms with E-state index in [2.05, 4.69) is 12.2 Å². The highest BCUT2D eigenvalue weighted by atomic mass is 32.2. The molecule has 5 heteroatoms. The van der Waals surface area contributed by atoms with Gasteiger partial charge in [-0.05, 0) is 25.2 Å². The second-order valence-electron chi connectivity index (χ2n) is 5.02. The third kappa shape index (κ3) is 5.06. The third-order valence-electron chi connectivity index (χ3n) is 3.34. The van der Waals surface area contributed by atoms with Gasteiger partial charge in [0.05, 0.1) is 0 Å². The average molecular weight is 260 g/mol. The molecule has 0 aliphatic carbocycles. The number of urea groups is 1. The Kier molecular flexibility index (Phi) is 5.95. The van der Waals surface area contributed by atoms with Gasteiger partial charge in [-0.3, -0.25) is 4.21 Å². The molecule has 0 saturated carbocycles. The van der Waals surface area contributed by atoms with Crippen LogP contribution >= 0.6 is 0 Å². The van der Waals surface area contributed by atoms with Crippen LogP contribution in [0.15, 0.2) is 0 Å². The van der Waals surface area contributed by atoms with Gasteiger partial charge >= 0.3 is 6.03 Å². The molecule has 2 amide bonds. The quantitative estimate of drug-likeness (QED) is 0.834. The van der Waals surface area contributed by atoms with Gasteiger partial charge in [-0.15, -0.1) is 0 Å². The molecule has 0 aromatic heterocycles. The van der Waals surface area contributed by atoms with E-state index in [9.17, 15) is 9.00 Å². The van der Waals surface area contributed by atoms with Crippen molar-refractivity contribution in [3.05, 3.63) is 0 Å². The molecule has 0 spiro atoms. The maximum atomic E-state index is 11.8. The highest BCUT2D eigenvalue weighted by Gasteiger charge is 2.20. The second kappa shape index (κ2) is 6.99. The van der Waals surface area contributed by atoms with Crippen LogP contribution in [0, 0.1) is 5.92 Å². The van der Waals surface area contributed by atoms with E-state index in [-0.39, 0.29) is 11.3 Å². The van der Waals surface area contributed by atoms with E-state index in [0.29, 0.717) is 12.5 Å². The summed E-state index contributed by atoms with van der Waals surface area (Å²) in [4.78, 5) is 13.7. The van der Waals surface area contributed by atoms with Crippen LogP contribution in [0.1, 0.15) is 33.1 Å². The molecule has 17 heavy (non-hydrogen) atoms. The first-order valence-corrected chi connectivity index (χ1v) is 7.98. The van der Waals surface area contributed by atoms with E-state index in [1.807, 2.05) is 11.8 Å². The summed E-state index contributed by atoms with van der Waals surface area (Å²) in [6, 6.07) is 0.0330. The molecule has 3 atom stereocenters. The van der Waals surface area contributed by atoms with E-state index in [0.717, 1.165) is 25.9 Å². The van der Waals surface area contributed by atoms with Gasteiger partial charge in [0.15, 0.2) is 0 Å². The number of carbonyl (C=O) groups excluding carboxylic acids is 1. The summed E-state index contributed by atoms with van der Waals surface area (Å²) in [6.07, 6.45) is 4.80. The zero-order valence-electron chi connectivity index (χ0n) is 11.1. The molecule has 1 rings (SSSR count). The number of nitrogens with zero attached hydrogens (tertiary/aromatic N) is 1. The van der Waals surface area contributed by atoms with Crippen LogP contribution in [-0.4, -0.2) is 46.3 Å². The third-order valence-corrected chi connectivity index (χ3v) is 4.71. The summed E-state index contributed by atoms with van der Waals surface area (Å²) in [7, 11) is -0.800. The molecular weight excluding hydrogens is 236 g/mol. The van der Waals surface area contributed by atoms with Crippen molar-refractivity contribution < 1.29 is 9.00 Å². The zero-order valence-corrected chi connectivity index (χ0v) is 11.9. The molecule has 1 fully saturated rings. The number of carbonyl (C=O) groups is 1. The van der Waals surface area contributed by atoms with Gasteiger partial charge in [0, 0.05) is 41.9 Å². The Labute approximate surface area is 107 Å². The summed E-state index contributed by atoms with van der Waals surface area (Å²) in [5.74, 6) is 0.608. The van der Waals surface area contributed by atoms with Gasteiger partial charge < -0.3 is 10.2 Å². The van der Waals surface area contributed by atoms with Crippen molar-refractivity contribution in [2.75, 3.05) is 25.9 Å². The van der Waals surface area contributed by atoms with Crippen LogP contribution in [0.4, 0.5) is 4.79 Å². The highest BCUT2D eigenvalue weighted by molar-refractivity contribution is 7.84. The highest BCUT2D eigenvalue weighted by Crippen LogP contribution is 2.15. The predicted molar refractivity (Wildman–Crippen MR) is 71.5 cm³/mol. The van der Waals surface area contributed by atoms with Gasteiger partial charge in [0.25, 0.3) is 0 Å². The molecule has 0 aromatic carbocycles. The maximum absolute atomic E-state index is 11.8. The van der Waals surface area contributed by atoms with Gasteiger partial charge in [-0.1, -0.05) is 13.8 Å². The summed E-state index contributed by atoms with van der Waals surface area (Å²) in [6.45, 7) is 6.48. The minimum absolute atomic E-state index is 0.0330. The Balaban J connectivity index is 2.22. The molecule has 1 aliphatic rings. The second-order valence-corrected chi connectivity index (χ2v) is 6.83. The Bertz CT molecular complexity index is 284. The van der Waals surface area contributed by atoms with Crippen molar-refractivity contribution in [2.45, 2.75) is 38.4 Å². The number of nitrogens with one attached hydrogen (secondary N) is 1. The fourth-order valence-corrected chi connectivity index (χ4v) is 2.48. The first-order valence-electron chi connectivity index (χ1n) is 6.35. The number of hydrogen-bond acceptors (Lipinski definition) is 2. The van der Waals surface area contributed by atoms with E-state index >= 15 is 0 Å². The molecule has 0 radical (unpaired) electrons. The summed E-state index contributed by atoms with van der Waals surface area (Å²) < 4.78 is 11.2. The molecular formula is C12H24N2O2S. The standard InChI is InChI=1S/C12H24N2O2S/c1-10-5-4-8-14(9-10)12(15)13-7-6-11(2)17(3)16/h10-11H,4-9H2,1-3H3,(H,13,15)/t10-,11+,17+/m1/s1. The molecule has 0 bridgehead atoms. The first-order chi connectivity index (χ1) is 8.00. The zero-order chi connectivity index (χ0) is 12.8. The lowest BCUT2D eigenvalue weighted by molar-refractivity contribution is 0.170. The van der Waals surface area contributed by atoms with Crippen LogP contribution in [0.25, 0.3) is 0 Å². The molecule has 0 unspecified atom stereocenters. The lowest BCUT2D eigenvalue weighted by Crippen LogP contribution is -2.45. The normalized spacial score (nSPS) is 24.2. The van der Waals surface area contributed by atoms with Crippen molar-refractivity contribution in [1.29, 1.82) is 0 Å². The predicted octanol–water partition coefficient (Wildman–Crippen LogP) is 1.58. The number of likely N-dealkylation sites (tertiary alicyclic amines) is 1. The minimum Gasteiger partial charge on any atom is -0.338 e. The molecule has 1 heterocycles. The number of amides is 2. The Hall–Kier alpha value is -0.580. The van der Waals surface area contributed by atoms with Crippen LogP contribution < -0.4 is 5.32 Å². The molecule has 100 valence electrons. The first kappa shape index (κ1) is 14.5. The van der Waals surface area contributed by atoms with Crippen molar-refractivity contribution in [3.8, 4) is 0 Å². The van der Waals surface area contributed by atoms with Crippen molar-refractivity contribution in [2.24, 2.45) is 5.92 Å². The number of rotatable bonds is 4. The average Bonchev–Trinajstić information content (AvgIpc) is 2.28. The number of piperidine rings is 1. The Morgan fingerprint density at radius 3 is 2.88 bits per heavy atom. The Morgan fingerprint density at radius 1 is 1.59 bits per heavy atom. The topological polar surface area (TPSA) is 49.4 Å². The summed E-state index contributed by atoms with van der Waals surface area (Å²) in [5.41, 5.74) is 0. The molecule has 4 nitrogen and oxygen atoms in total. The van der Waals surface area contributed by atoms with Crippen LogP contribution in [0.3, 0.4) is 0 Å². The van der Waals surface area contributed by atoms with E-state index in [1.165, 1.54) is 6.42 Å². The monoisotopic (exact) mass is 260 g/mol. The lowest BCUT2D eigenvalue weighted by Gasteiger charge is -2.31. The van der Waals surface area contributed by atoms with E-state index in [4.69, 9.17) is 0 Å². The maximum Gasteiger partial charge on any atom is 0.317 e. The SMILES string of the molecule is C[C@@H]1CCCN(C(=O)NCC[C@H](C)[S@](C)=O)C1. The van der Waals surface area contributed by atoms with Crippen molar-refractivity contribution in [1.82, 2.24) is 10.2 Å². The van der Waals surface area contributed by atoms with Crippen molar-refractivity contribution >= 4 is 16.8 Å². The fraction of sp³-hybridized carbons (Fsp3) is 0.917. The van der Waals surface area contributed by atoms with Crippen LogP contribution in [0.2, 0.25) is 0 Å². The smallest absolute Gasteiger partial charge is 0.317 e. The number of hydrogen-bond donors (Lipinski definition) is 1. The molecule has 1 aliphatic heterocycles. The molecule has 1 N–H and O–H groups in total. The van der Waals surface area contributed by atoms with Gasteiger partial charge in [0.1, 0.15) is 0 Å². The van der Waals surface area contributed by atoms with E-state index < -0.39 is 10.8 Å². The van der Waals surface area contributed by atoms with Crippen molar-refractivity contribution in [3.63, 3.8) is 0 Å². The van der Waals surface area contributed by atoms with Crippen LogP contribution in [0.5, 0.6) is 0 Å². The summed E-state index contributed by atoms with van der Waals surface area (Å²) in [5, 5.41) is 3.06. The van der Waals surface area contributed by atoms with Gasteiger partial charge in [-0.25, -0.2) is 4.79 Å². The van der Waals surface area contributed by atoms with E-state index in [1.54, 1.807) is 6.26 Å². The van der Waals surface area contributed by atoms with Crippen LogP contribution in [-0.2, 0) is 10.8 Å². The minimum atomic E-state index is -0.800. The molecule has 0 aromatic rings. The lowest BCUT2D eigenvalue weighted by atomic mass is 10.0. The van der Waals surface area contributed by atoms with Gasteiger partial charge in [-0.2, -0.15) is 0 Å². The fourth-order valence-electron chi connectivity index (χ4n) is 2.03. The Morgan fingerprint density at radius 2 is 2.29 bits per heavy atom. The molecule has 1 saturated heterocycles. The largest absolute Gasteiger partial charge is 0.338 e.